The Kier molecular flexibility index (Phi) is 8.28. The van der Waals surface area contributed by atoms with Crippen LogP contribution in [0.5, 0.6) is 0 Å². The van der Waals surface area contributed by atoms with Gasteiger partial charge in [-0.2, -0.15) is 4.62 Å². The highest BCUT2D eigenvalue weighted by Gasteiger charge is 2.45. The Labute approximate surface area is 187 Å². The van der Waals surface area contributed by atoms with Crippen LogP contribution < -0.4 is 22.7 Å². The van der Waals surface area contributed by atoms with Gasteiger partial charge in [0, 0.05) is 0 Å². The van der Waals surface area contributed by atoms with Crippen LogP contribution in [0.3, 0.4) is 0 Å². The average molecular weight is 490 g/mol. The summed E-state index contributed by atoms with van der Waals surface area (Å²) < 4.78 is 28.2. The van der Waals surface area contributed by atoms with Gasteiger partial charge in [0.15, 0.2) is 17.7 Å². The molecular formula is C16H27N8O8P. The van der Waals surface area contributed by atoms with Crippen LogP contribution in [0.15, 0.2) is 12.7 Å². The van der Waals surface area contributed by atoms with Crippen molar-refractivity contribution in [1.82, 2.24) is 25.0 Å². The number of fused-ring (bicyclic) bond motifs is 1. The number of phosphoric acid groups is 1. The van der Waals surface area contributed by atoms with E-state index in [4.69, 9.17) is 26.5 Å². The largest absolute Gasteiger partial charge is 0.493 e. The van der Waals surface area contributed by atoms with Crippen molar-refractivity contribution in [3.63, 3.8) is 0 Å². The fourth-order valence-corrected chi connectivity index (χ4v) is 3.76. The smallest absolute Gasteiger partial charge is 0.387 e. The van der Waals surface area contributed by atoms with Gasteiger partial charge in [0.1, 0.15) is 30.2 Å². The van der Waals surface area contributed by atoms with Gasteiger partial charge in [0.05, 0.1) is 19.0 Å². The van der Waals surface area contributed by atoms with Gasteiger partial charge in [-0.15, -0.1) is 0 Å². The molecule has 0 spiro atoms. The van der Waals surface area contributed by atoms with Crippen molar-refractivity contribution in [2.24, 2.45) is 11.5 Å². The first-order valence-electron chi connectivity index (χ1n) is 10.0. The normalized spacial score (nSPS) is 25.7. The van der Waals surface area contributed by atoms with Gasteiger partial charge < -0.3 is 37.0 Å². The summed E-state index contributed by atoms with van der Waals surface area (Å²) in [4.78, 5) is 33.5. The molecule has 1 saturated heterocycles. The van der Waals surface area contributed by atoms with Crippen LogP contribution in [0, 0.1) is 0 Å². The Bertz CT molecular complexity index is 1010. The number of amides is 1. The molecule has 0 aromatic carbocycles. The molecule has 0 saturated carbocycles. The molecule has 6 atom stereocenters. The number of anilines is 1. The van der Waals surface area contributed by atoms with Crippen LogP contribution in [0.25, 0.3) is 11.2 Å². The number of phosphoric ester groups is 1. The molecule has 1 aliphatic rings. The summed E-state index contributed by atoms with van der Waals surface area (Å²) in [5, 5.41) is 20.7. The molecule has 2 aromatic rings. The number of aliphatic hydroxyl groups excluding tert-OH is 2. The van der Waals surface area contributed by atoms with Crippen molar-refractivity contribution in [3.8, 4) is 0 Å². The lowest BCUT2D eigenvalue weighted by Crippen LogP contribution is -2.40. The van der Waals surface area contributed by atoms with E-state index >= 15 is 0 Å². The Morgan fingerprint density at radius 3 is 2.79 bits per heavy atom. The second-order valence-electron chi connectivity index (χ2n) is 7.34. The molecule has 0 radical (unpaired) electrons. The van der Waals surface area contributed by atoms with E-state index in [2.05, 4.69) is 19.6 Å². The number of nitrogen functional groups attached to an aromatic ring is 1. The van der Waals surface area contributed by atoms with Crippen molar-refractivity contribution in [2.45, 2.75) is 49.8 Å². The number of nitrogens with zero attached hydrogens (tertiary/aromatic N) is 4. The Morgan fingerprint density at radius 2 is 2.06 bits per heavy atom. The molecule has 2 aromatic heterocycles. The Hall–Kier alpha value is -2.27. The predicted molar refractivity (Wildman–Crippen MR) is 112 cm³/mol. The van der Waals surface area contributed by atoms with Crippen LogP contribution in [0.4, 0.5) is 5.82 Å². The van der Waals surface area contributed by atoms with E-state index in [1.807, 2.05) is 0 Å². The molecule has 0 bridgehead atoms. The first kappa shape index (κ1) is 25.4. The minimum atomic E-state index is -4.78. The van der Waals surface area contributed by atoms with Gasteiger partial charge in [0.2, 0.25) is 0 Å². The zero-order valence-corrected chi connectivity index (χ0v) is 18.3. The van der Waals surface area contributed by atoms with Crippen LogP contribution in [-0.2, 0) is 23.2 Å². The Morgan fingerprint density at radius 1 is 1.30 bits per heavy atom. The van der Waals surface area contributed by atoms with Gasteiger partial charge >= 0.3 is 7.82 Å². The number of carbonyl (C=O) groups excluding carboxylic acids is 1. The molecule has 1 fully saturated rings. The number of hydrogen-bond acceptors (Lipinski definition) is 13. The molecule has 0 aliphatic carbocycles. The zero-order chi connectivity index (χ0) is 24.2. The van der Waals surface area contributed by atoms with E-state index in [1.165, 1.54) is 17.2 Å². The predicted octanol–water partition coefficient (Wildman–Crippen LogP) is -2.35. The highest BCUT2D eigenvalue weighted by atomic mass is 31.2. The summed E-state index contributed by atoms with van der Waals surface area (Å²) in [5.74, 6) is -0.697. The minimum Gasteiger partial charge on any atom is -0.387 e. The van der Waals surface area contributed by atoms with E-state index in [-0.39, 0.29) is 17.0 Å². The lowest BCUT2D eigenvalue weighted by molar-refractivity contribution is -0.130. The molecule has 1 unspecified atom stereocenters. The minimum absolute atomic E-state index is 0.117. The van der Waals surface area contributed by atoms with Gasteiger partial charge in [-0.25, -0.2) is 25.0 Å². The van der Waals surface area contributed by atoms with Crippen LogP contribution in [0.1, 0.15) is 25.5 Å². The van der Waals surface area contributed by atoms with E-state index in [0.717, 1.165) is 0 Å². The molecular weight excluding hydrogens is 463 g/mol. The average Bonchev–Trinajstić information content (AvgIpc) is 3.33. The fraction of sp³-hybridized carbons (Fsp3) is 0.625. The number of aromatic nitrogens is 4. The van der Waals surface area contributed by atoms with Crippen molar-refractivity contribution in [2.75, 3.05) is 18.9 Å². The highest BCUT2D eigenvalue weighted by Crippen LogP contribution is 2.43. The van der Waals surface area contributed by atoms with Crippen LogP contribution in [0.2, 0.25) is 0 Å². The quantitative estimate of drug-likeness (QED) is 0.0988. The molecule has 3 heterocycles. The lowest BCUT2D eigenvalue weighted by Gasteiger charge is -2.18. The number of unbranched alkanes of at least 4 members (excludes halogenated alkanes) is 1. The van der Waals surface area contributed by atoms with Crippen LogP contribution >= 0.6 is 7.82 Å². The number of hydroxylamine groups is 1. The molecule has 3 rings (SSSR count). The third-order valence-corrected chi connectivity index (χ3v) is 5.77. The maximum Gasteiger partial charge on any atom is 0.493 e. The van der Waals surface area contributed by atoms with E-state index in [9.17, 15) is 24.5 Å². The maximum atomic E-state index is 12.1. The van der Waals surface area contributed by atoms with E-state index in [0.29, 0.717) is 25.8 Å². The molecule has 1 aliphatic heterocycles. The molecule has 184 valence electrons. The number of imidazole rings is 1. The summed E-state index contributed by atoms with van der Waals surface area (Å²) in [6.07, 6.45) is -1.21. The summed E-state index contributed by atoms with van der Waals surface area (Å²) in [6, 6.07) is -0.963. The number of nitrogens with one attached hydrogen (secondary N) is 1. The topological polar surface area (TPSA) is 256 Å². The number of aliphatic hydroxyl groups is 2. The second-order valence-corrected chi connectivity index (χ2v) is 8.72. The zero-order valence-electron chi connectivity index (χ0n) is 17.4. The third kappa shape index (κ3) is 6.00. The number of carbonyl (C=O) groups is 1. The summed E-state index contributed by atoms with van der Waals surface area (Å²) in [5.41, 5.74) is 19.1. The molecule has 33 heavy (non-hydrogen) atoms. The number of ether oxygens (including phenoxy) is 1. The van der Waals surface area contributed by atoms with Crippen molar-refractivity contribution < 1.29 is 38.4 Å². The first-order valence-corrected chi connectivity index (χ1v) is 11.5. The standard InChI is InChI=1S/C16H27N8O8P/c17-4-2-1-3-8(18)15(27)23-32-33(28,29)30-5-9-11(25)12(26)16(31-9)24-7-22-10-13(19)20-6-21-14(10)24/h6-9,11-12,16,25-26H,1-5,17-18H2,(H,23,27)(H,28,29)(H2,19,20,21)/t8-,9+,11+,12+,16+/m0/s1. The molecule has 17 heteroatoms. The lowest BCUT2D eigenvalue weighted by atomic mass is 10.1. The maximum absolute atomic E-state index is 12.1. The number of nitrogens with two attached hydrogens (primary N) is 3. The monoisotopic (exact) mass is 490 g/mol. The first-order chi connectivity index (χ1) is 15.6. The second kappa shape index (κ2) is 10.8. The third-order valence-electron chi connectivity index (χ3n) is 4.97. The SMILES string of the molecule is NCCCC[C@H](N)C(=O)NOP(=O)(O)OC[C@H]1O[C@@H](n2cnc3c(N)ncnc32)[C@H](O)[C@@H]1O. The number of rotatable bonds is 11. The van der Waals surface area contributed by atoms with Crippen molar-refractivity contribution in [3.05, 3.63) is 12.7 Å². The summed E-state index contributed by atoms with van der Waals surface area (Å²) in [7, 11) is -4.78. The van der Waals surface area contributed by atoms with Gasteiger partial charge in [-0.3, -0.25) is 13.9 Å². The van der Waals surface area contributed by atoms with E-state index < -0.39 is 50.9 Å². The Balaban J connectivity index is 1.55. The van der Waals surface area contributed by atoms with Gasteiger partial charge in [-0.1, -0.05) is 6.42 Å². The summed E-state index contributed by atoms with van der Waals surface area (Å²) >= 11 is 0. The van der Waals surface area contributed by atoms with Crippen molar-refractivity contribution in [1.29, 1.82) is 0 Å². The van der Waals surface area contributed by atoms with Gasteiger partial charge in [-0.05, 0) is 19.4 Å². The van der Waals surface area contributed by atoms with E-state index in [1.54, 1.807) is 5.48 Å². The number of hydrogen-bond donors (Lipinski definition) is 7. The molecule has 16 nitrogen and oxygen atoms in total. The van der Waals surface area contributed by atoms with Crippen LogP contribution in [-0.4, -0.2) is 78.0 Å². The summed E-state index contributed by atoms with van der Waals surface area (Å²) in [6.45, 7) is -0.196. The van der Waals surface area contributed by atoms with Crippen molar-refractivity contribution >= 4 is 30.7 Å². The highest BCUT2D eigenvalue weighted by molar-refractivity contribution is 7.47. The van der Waals surface area contributed by atoms with Gasteiger partial charge in [0.25, 0.3) is 5.91 Å². The fourth-order valence-electron chi connectivity index (χ4n) is 3.16. The molecule has 1 amide bonds. The molecule has 10 N–H and O–H groups in total.